The molecule has 1 aliphatic carbocycles. The Labute approximate surface area is 221 Å². The van der Waals surface area contributed by atoms with Gasteiger partial charge in [0.05, 0.1) is 18.8 Å². The average Bonchev–Trinajstić information content (AvgIpc) is 2.87. The summed E-state index contributed by atoms with van der Waals surface area (Å²) in [5.74, 6) is -0.157. The van der Waals surface area contributed by atoms with E-state index >= 15 is 0 Å². The fourth-order valence-corrected chi connectivity index (χ4v) is 4.96. The number of aliphatic hydroxyl groups is 2. The van der Waals surface area contributed by atoms with Crippen molar-refractivity contribution in [1.82, 2.24) is 4.98 Å². The van der Waals surface area contributed by atoms with E-state index < -0.39 is 28.9 Å². The predicted molar refractivity (Wildman–Crippen MR) is 141 cm³/mol. The summed E-state index contributed by atoms with van der Waals surface area (Å²) in [7, 11) is 1.47. The number of rotatable bonds is 7. The summed E-state index contributed by atoms with van der Waals surface area (Å²) in [5, 5.41) is 23.0. The molecule has 2 aromatic carbocycles. The highest BCUT2D eigenvalue weighted by atomic mass is 19.1. The van der Waals surface area contributed by atoms with E-state index in [2.05, 4.69) is 4.98 Å². The van der Waals surface area contributed by atoms with Crippen LogP contribution in [-0.4, -0.2) is 46.6 Å². The predicted octanol–water partition coefficient (Wildman–Crippen LogP) is 5.13. The van der Waals surface area contributed by atoms with E-state index in [4.69, 9.17) is 14.2 Å². The third kappa shape index (κ3) is 5.56. The molecular weight excluding hydrogens is 489 g/mol. The van der Waals surface area contributed by atoms with Gasteiger partial charge in [-0.1, -0.05) is 26.0 Å². The van der Waals surface area contributed by atoms with Crippen LogP contribution in [0.1, 0.15) is 48.8 Å². The number of nitrogens with zero attached hydrogens (tertiary/aromatic N) is 1. The zero-order valence-electron chi connectivity index (χ0n) is 22.1. The first-order valence-corrected chi connectivity index (χ1v) is 12.3. The second-order valence-corrected chi connectivity index (χ2v) is 10.4. The molecule has 2 unspecified atom stereocenters. The van der Waals surface area contributed by atoms with E-state index in [-0.39, 0.29) is 24.5 Å². The fourth-order valence-electron chi connectivity index (χ4n) is 4.96. The summed E-state index contributed by atoms with van der Waals surface area (Å²) in [6, 6.07) is 14.0. The molecule has 4 rings (SSSR count). The second-order valence-electron chi connectivity index (χ2n) is 10.4. The first-order valence-electron chi connectivity index (χ1n) is 12.3. The van der Waals surface area contributed by atoms with Crippen LogP contribution in [0.25, 0.3) is 5.57 Å². The lowest BCUT2D eigenvalue weighted by Gasteiger charge is -2.46. The highest BCUT2D eigenvalue weighted by molar-refractivity contribution is 5.89. The summed E-state index contributed by atoms with van der Waals surface area (Å²) < 4.78 is 31.0. The molecule has 0 saturated heterocycles. The number of aliphatic hydroxyl groups excluding tert-OH is 1. The molecule has 1 heterocycles. The Morgan fingerprint density at radius 2 is 1.87 bits per heavy atom. The second kappa shape index (κ2) is 10.6. The zero-order chi connectivity index (χ0) is 27.7. The van der Waals surface area contributed by atoms with Crippen molar-refractivity contribution in [2.75, 3.05) is 13.7 Å². The third-order valence-electron chi connectivity index (χ3n) is 6.86. The Hall–Kier alpha value is -3.75. The molecule has 200 valence electrons. The summed E-state index contributed by atoms with van der Waals surface area (Å²) in [4.78, 5) is 16.5. The molecule has 1 aromatic heterocycles. The molecule has 0 radical (unpaired) electrons. The summed E-state index contributed by atoms with van der Waals surface area (Å²) in [6.45, 7) is 7.13. The van der Waals surface area contributed by atoms with Gasteiger partial charge in [0.15, 0.2) is 0 Å². The number of benzene rings is 2. The van der Waals surface area contributed by atoms with Crippen LogP contribution in [0.15, 0.2) is 66.4 Å². The van der Waals surface area contributed by atoms with Crippen molar-refractivity contribution < 1.29 is 33.6 Å². The number of pyridine rings is 1. The maximum absolute atomic E-state index is 13.9. The maximum Gasteiger partial charge on any atom is 0.362 e. The molecule has 1 aliphatic rings. The lowest BCUT2D eigenvalue weighted by Crippen LogP contribution is -2.47. The van der Waals surface area contributed by atoms with Crippen LogP contribution in [0.2, 0.25) is 0 Å². The molecular formula is C30H32FNO6. The topological polar surface area (TPSA) is 98.1 Å². The molecule has 0 bridgehead atoms. The molecule has 2 atom stereocenters. The van der Waals surface area contributed by atoms with Gasteiger partial charge in [-0.05, 0) is 67.2 Å². The van der Waals surface area contributed by atoms with E-state index in [0.717, 1.165) is 5.56 Å². The van der Waals surface area contributed by atoms with Crippen molar-refractivity contribution in [2.45, 2.75) is 45.8 Å². The van der Waals surface area contributed by atoms with Gasteiger partial charge in [0, 0.05) is 29.5 Å². The Morgan fingerprint density at radius 1 is 1.11 bits per heavy atom. The van der Waals surface area contributed by atoms with Crippen molar-refractivity contribution in [2.24, 2.45) is 5.41 Å². The molecule has 38 heavy (non-hydrogen) atoms. The van der Waals surface area contributed by atoms with Crippen molar-refractivity contribution >= 4 is 11.5 Å². The van der Waals surface area contributed by atoms with Gasteiger partial charge in [0.25, 0.3) is 0 Å². The van der Waals surface area contributed by atoms with Crippen LogP contribution in [0.3, 0.4) is 0 Å². The summed E-state index contributed by atoms with van der Waals surface area (Å²) in [6.07, 6.45) is 0.790. The normalized spacial score (nSPS) is 20.7. The Morgan fingerprint density at radius 3 is 2.55 bits per heavy atom. The number of aryl methyl sites for hydroxylation is 1. The van der Waals surface area contributed by atoms with Gasteiger partial charge < -0.3 is 24.4 Å². The zero-order valence-corrected chi connectivity index (χ0v) is 22.1. The molecule has 2 N–H and O–H groups in total. The number of esters is 1. The fraction of sp³-hybridized carbons (Fsp3) is 0.333. The Bertz CT molecular complexity index is 1370. The van der Waals surface area contributed by atoms with Crippen LogP contribution in [0.4, 0.5) is 4.39 Å². The molecule has 7 nitrogen and oxygen atoms in total. The van der Waals surface area contributed by atoms with Crippen molar-refractivity contribution in [1.29, 1.82) is 0 Å². The van der Waals surface area contributed by atoms with Crippen LogP contribution in [-0.2, 0) is 0 Å². The minimum absolute atomic E-state index is 0.0840. The number of aromatic nitrogens is 1. The van der Waals surface area contributed by atoms with Gasteiger partial charge in [0.2, 0.25) is 0 Å². The van der Waals surface area contributed by atoms with E-state index in [9.17, 15) is 19.4 Å². The number of halogens is 1. The number of methoxy groups -OCH3 is 1. The lowest BCUT2D eigenvalue weighted by molar-refractivity contribution is -0.0159. The Kier molecular flexibility index (Phi) is 7.58. The smallest absolute Gasteiger partial charge is 0.362 e. The largest absolute Gasteiger partial charge is 0.496 e. The third-order valence-corrected chi connectivity index (χ3v) is 6.86. The van der Waals surface area contributed by atoms with Crippen LogP contribution in [0, 0.1) is 18.2 Å². The van der Waals surface area contributed by atoms with Gasteiger partial charge in [0.1, 0.15) is 35.4 Å². The summed E-state index contributed by atoms with van der Waals surface area (Å²) in [5.41, 5.74) is 0.276. The quantitative estimate of drug-likeness (QED) is 0.329. The van der Waals surface area contributed by atoms with Crippen molar-refractivity contribution in [3.63, 3.8) is 0 Å². The maximum atomic E-state index is 13.9. The summed E-state index contributed by atoms with van der Waals surface area (Å²) >= 11 is 0. The van der Waals surface area contributed by atoms with E-state index in [0.29, 0.717) is 28.2 Å². The number of carbonyl (C=O) groups is 1. The lowest BCUT2D eigenvalue weighted by atomic mass is 9.64. The number of ether oxygens (including phenoxy) is 3. The van der Waals surface area contributed by atoms with Crippen molar-refractivity contribution in [3.05, 3.63) is 89.0 Å². The van der Waals surface area contributed by atoms with Gasteiger partial charge in [-0.25, -0.2) is 14.2 Å². The van der Waals surface area contributed by atoms with Gasteiger partial charge in [-0.15, -0.1) is 0 Å². The van der Waals surface area contributed by atoms with Crippen molar-refractivity contribution in [3.8, 4) is 17.2 Å². The standard InChI is InChI=1S/C30H32FNO6/c1-18-9-10-19(31)14-24(18)37-16-22-26(27(33)29(2,3)17-30(22,4)35)21-12-11-20(15-25(21)36-5)38-28(34)23-8-6-7-13-32-23/h6-15,27,33,35H,16-17H2,1-5H3. The molecule has 0 amide bonds. The van der Waals surface area contributed by atoms with Crippen LogP contribution < -0.4 is 14.2 Å². The molecule has 0 fully saturated rings. The average molecular weight is 522 g/mol. The highest BCUT2D eigenvalue weighted by Crippen LogP contribution is 2.50. The first-order chi connectivity index (χ1) is 17.9. The highest BCUT2D eigenvalue weighted by Gasteiger charge is 2.47. The molecule has 8 heteroatoms. The minimum Gasteiger partial charge on any atom is -0.496 e. The monoisotopic (exact) mass is 521 g/mol. The van der Waals surface area contributed by atoms with E-state index in [1.807, 2.05) is 13.8 Å². The number of carbonyl (C=O) groups excluding carboxylic acids is 1. The van der Waals surface area contributed by atoms with Gasteiger partial charge in [-0.2, -0.15) is 0 Å². The molecule has 0 spiro atoms. The van der Waals surface area contributed by atoms with E-state index in [1.54, 1.807) is 56.3 Å². The molecule has 0 saturated carbocycles. The first kappa shape index (κ1) is 27.3. The van der Waals surface area contributed by atoms with E-state index in [1.165, 1.54) is 25.4 Å². The molecule has 3 aromatic rings. The minimum atomic E-state index is -1.34. The Balaban J connectivity index is 1.76. The SMILES string of the molecule is COc1cc(OC(=O)c2ccccn2)ccc1C1=C(COc2cc(F)ccc2C)C(C)(O)CC(C)(C)C1O. The van der Waals surface area contributed by atoms with Crippen LogP contribution in [0.5, 0.6) is 17.2 Å². The van der Waals surface area contributed by atoms with Crippen LogP contribution >= 0.6 is 0 Å². The number of hydrogen-bond acceptors (Lipinski definition) is 7. The number of hydrogen-bond donors (Lipinski definition) is 2. The van der Waals surface area contributed by atoms with Gasteiger partial charge in [-0.3, -0.25) is 0 Å². The van der Waals surface area contributed by atoms with Gasteiger partial charge >= 0.3 is 5.97 Å². The molecule has 0 aliphatic heterocycles.